The van der Waals surface area contributed by atoms with E-state index in [1.807, 2.05) is 31.2 Å². The smallest absolute Gasteiger partial charge is 0.119 e. The van der Waals surface area contributed by atoms with Crippen LogP contribution in [-0.4, -0.2) is 5.54 Å². The standard InChI is InChI=1S/C11H15N3/c1-9-3-5-10(6-4-9)7-11(2,8-12)14-13/h3-6,14H,7,13H2,1-2H3. The third-order valence-electron chi connectivity index (χ3n) is 2.24. The first kappa shape index (κ1) is 10.7. The van der Waals surface area contributed by atoms with Gasteiger partial charge in [0, 0.05) is 6.42 Å². The fraction of sp³-hybridized carbons (Fsp3) is 0.364. The van der Waals surface area contributed by atoms with Crippen molar-refractivity contribution in [3.05, 3.63) is 35.4 Å². The maximum absolute atomic E-state index is 8.91. The molecule has 3 N–H and O–H groups in total. The second-order valence-electron chi connectivity index (χ2n) is 3.75. The summed E-state index contributed by atoms with van der Waals surface area (Å²) in [5.41, 5.74) is 4.17. The highest BCUT2D eigenvalue weighted by Crippen LogP contribution is 2.12. The Morgan fingerprint density at radius 3 is 2.43 bits per heavy atom. The van der Waals surface area contributed by atoms with Gasteiger partial charge in [-0.05, 0) is 19.4 Å². The molecule has 0 amide bonds. The van der Waals surface area contributed by atoms with Crippen LogP contribution in [0.25, 0.3) is 0 Å². The summed E-state index contributed by atoms with van der Waals surface area (Å²) in [7, 11) is 0. The van der Waals surface area contributed by atoms with E-state index >= 15 is 0 Å². The van der Waals surface area contributed by atoms with E-state index in [-0.39, 0.29) is 0 Å². The highest BCUT2D eigenvalue weighted by Gasteiger charge is 2.21. The summed E-state index contributed by atoms with van der Waals surface area (Å²) in [6, 6.07) is 10.3. The average molecular weight is 189 g/mol. The number of nitrogens with two attached hydrogens (primary N) is 1. The van der Waals surface area contributed by atoms with Crippen LogP contribution in [0.2, 0.25) is 0 Å². The van der Waals surface area contributed by atoms with Gasteiger partial charge in [-0.25, -0.2) is 5.43 Å². The molecule has 3 nitrogen and oxygen atoms in total. The van der Waals surface area contributed by atoms with E-state index in [1.54, 1.807) is 6.92 Å². The van der Waals surface area contributed by atoms with Gasteiger partial charge in [-0.1, -0.05) is 29.8 Å². The van der Waals surface area contributed by atoms with E-state index in [9.17, 15) is 0 Å². The van der Waals surface area contributed by atoms with E-state index in [1.165, 1.54) is 5.56 Å². The summed E-state index contributed by atoms with van der Waals surface area (Å²) in [5, 5.41) is 8.91. The van der Waals surface area contributed by atoms with Crippen molar-refractivity contribution in [3.8, 4) is 6.07 Å². The number of hydrogen-bond acceptors (Lipinski definition) is 3. The molecule has 1 aromatic rings. The van der Waals surface area contributed by atoms with Gasteiger partial charge in [0.05, 0.1) is 6.07 Å². The van der Waals surface area contributed by atoms with Crippen LogP contribution in [0.4, 0.5) is 0 Å². The van der Waals surface area contributed by atoms with Crippen LogP contribution in [0.5, 0.6) is 0 Å². The van der Waals surface area contributed by atoms with Crippen molar-refractivity contribution in [1.29, 1.82) is 5.26 Å². The van der Waals surface area contributed by atoms with Gasteiger partial charge in [-0.15, -0.1) is 0 Å². The topological polar surface area (TPSA) is 61.8 Å². The maximum Gasteiger partial charge on any atom is 0.119 e. The second-order valence-corrected chi connectivity index (χ2v) is 3.75. The van der Waals surface area contributed by atoms with E-state index in [0.29, 0.717) is 6.42 Å². The van der Waals surface area contributed by atoms with Crippen molar-refractivity contribution >= 4 is 0 Å². The molecule has 1 atom stereocenters. The minimum atomic E-state index is -0.685. The molecule has 0 aliphatic rings. The lowest BCUT2D eigenvalue weighted by molar-refractivity contribution is 0.458. The number of aryl methyl sites for hydroxylation is 1. The lowest BCUT2D eigenvalue weighted by atomic mass is 9.95. The summed E-state index contributed by atoms with van der Waals surface area (Å²) < 4.78 is 0. The number of nitrogens with zero attached hydrogens (tertiary/aromatic N) is 1. The molecule has 1 rings (SSSR count). The SMILES string of the molecule is Cc1ccc(CC(C)(C#N)NN)cc1. The van der Waals surface area contributed by atoms with Crippen molar-refractivity contribution < 1.29 is 0 Å². The minimum absolute atomic E-state index is 0.611. The lowest BCUT2D eigenvalue weighted by Crippen LogP contribution is -2.47. The van der Waals surface area contributed by atoms with Crippen LogP contribution in [-0.2, 0) is 6.42 Å². The zero-order chi connectivity index (χ0) is 10.6. The zero-order valence-electron chi connectivity index (χ0n) is 8.54. The van der Waals surface area contributed by atoms with Gasteiger partial charge in [-0.3, -0.25) is 5.84 Å². The summed E-state index contributed by atoms with van der Waals surface area (Å²) in [4.78, 5) is 0. The molecule has 14 heavy (non-hydrogen) atoms. The van der Waals surface area contributed by atoms with E-state index < -0.39 is 5.54 Å². The number of rotatable bonds is 3. The van der Waals surface area contributed by atoms with Crippen molar-refractivity contribution in [3.63, 3.8) is 0 Å². The van der Waals surface area contributed by atoms with Gasteiger partial charge >= 0.3 is 0 Å². The highest BCUT2D eigenvalue weighted by molar-refractivity contribution is 5.25. The van der Waals surface area contributed by atoms with E-state index in [0.717, 1.165) is 5.56 Å². The molecule has 1 aromatic carbocycles. The minimum Gasteiger partial charge on any atom is -0.270 e. The molecule has 0 aliphatic heterocycles. The summed E-state index contributed by atoms with van der Waals surface area (Å²) in [6.07, 6.45) is 0.611. The van der Waals surface area contributed by atoms with E-state index in [2.05, 4.69) is 11.5 Å². The van der Waals surface area contributed by atoms with Gasteiger partial charge in [0.2, 0.25) is 0 Å². The van der Waals surface area contributed by atoms with Crippen molar-refractivity contribution in [2.75, 3.05) is 0 Å². The van der Waals surface area contributed by atoms with Gasteiger partial charge in [0.1, 0.15) is 5.54 Å². The summed E-state index contributed by atoms with van der Waals surface area (Å²) >= 11 is 0. The Bertz CT molecular complexity index is 337. The molecule has 0 bridgehead atoms. The molecule has 0 saturated carbocycles. The van der Waals surface area contributed by atoms with Crippen molar-refractivity contribution in [1.82, 2.24) is 5.43 Å². The number of nitrogens with one attached hydrogen (secondary N) is 1. The normalized spacial score (nSPS) is 14.4. The van der Waals surface area contributed by atoms with Gasteiger partial charge in [0.15, 0.2) is 0 Å². The third kappa shape index (κ3) is 2.56. The molecule has 0 saturated heterocycles. The highest BCUT2D eigenvalue weighted by atomic mass is 15.3. The van der Waals surface area contributed by atoms with Crippen LogP contribution in [0, 0.1) is 18.3 Å². The second kappa shape index (κ2) is 4.23. The lowest BCUT2D eigenvalue weighted by Gasteiger charge is -2.20. The number of nitriles is 1. The van der Waals surface area contributed by atoms with Crippen LogP contribution in [0.15, 0.2) is 24.3 Å². The zero-order valence-corrected chi connectivity index (χ0v) is 8.54. The van der Waals surface area contributed by atoms with E-state index in [4.69, 9.17) is 11.1 Å². The molecule has 1 unspecified atom stereocenters. The molecular formula is C11H15N3. The Morgan fingerprint density at radius 2 is 2.00 bits per heavy atom. The van der Waals surface area contributed by atoms with Crippen LogP contribution in [0.3, 0.4) is 0 Å². The molecule has 0 heterocycles. The van der Waals surface area contributed by atoms with Crippen molar-refractivity contribution in [2.24, 2.45) is 5.84 Å². The van der Waals surface area contributed by atoms with Gasteiger partial charge in [0.25, 0.3) is 0 Å². The molecule has 0 fully saturated rings. The summed E-state index contributed by atoms with van der Waals surface area (Å²) in [5.74, 6) is 5.32. The maximum atomic E-state index is 8.91. The Hall–Kier alpha value is -1.37. The first-order chi connectivity index (χ1) is 6.59. The fourth-order valence-electron chi connectivity index (χ4n) is 1.24. The Labute approximate surface area is 84.5 Å². The Balaban J connectivity index is 2.79. The first-order valence-corrected chi connectivity index (χ1v) is 4.54. The molecule has 0 spiro atoms. The van der Waals surface area contributed by atoms with Gasteiger partial charge < -0.3 is 0 Å². The number of benzene rings is 1. The van der Waals surface area contributed by atoms with Crippen LogP contribution < -0.4 is 11.3 Å². The van der Waals surface area contributed by atoms with Crippen LogP contribution >= 0.6 is 0 Å². The monoisotopic (exact) mass is 189 g/mol. The van der Waals surface area contributed by atoms with Crippen LogP contribution in [0.1, 0.15) is 18.1 Å². The third-order valence-corrected chi connectivity index (χ3v) is 2.24. The van der Waals surface area contributed by atoms with Crippen molar-refractivity contribution in [2.45, 2.75) is 25.8 Å². The predicted octanol–water partition coefficient (Wildman–Crippen LogP) is 1.28. The predicted molar refractivity (Wildman–Crippen MR) is 56.2 cm³/mol. The Kier molecular flexibility index (Phi) is 3.23. The average Bonchev–Trinajstić information content (AvgIpc) is 2.21. The molecule has 0 aromatic heterocycles. The quantitative estimate of drug-likeness (QED) is 0.556. The largest absolute Gasteiger partial charge is 0.270 e. The first-order valence-electron chi connectivity index (χ1n) is 4.54. The molecular weight excluding hydrogens is 174 g/mol. The summed E-state index contributed by atoms with van der Waals surface area (Å²) in [6.45, 7) is 3.82. The fourth-order valence-corrected chi connectivity index (χ4v) is 1.24. The molecule has 3 heteroatoms. The number of hydrogen-bond donors (Lipinski definition) is 2. The van der Waals surface area contributed by atoms with Gasteiger partial charge in [-0.2, -0.15) is 5.26 Å². The molecule has 0 radical (unpaired) electrons. The Morgan fingerprint density at radius 1 is 1.43 bits per heavy atom. The molecule has 0 aliphatic carbocycles. The number of hydrazine groups is 1. The molecule has 74 valence electrons.